The molecule has 5 heteroatoms. The van der Waals surface area contributed by atoms with Crippen molar-refractivity contribution in [2.24, 2.45) is 5.92 Å². The number of aryl methyl sites for hydroxylation is 1. The van der Waals surface area contributed by atoms with E-state index < -0.39 is 0 Å². The zero-order chi connectivity index (χ0) is 26.6. The largest absolute Gasteiger partial charge is 0.390 e. The number of allylic oxidation sites excluding steroid dienone is 1. The smallest absolute Gasteiger partial charge is 0.0688 e. The molecule has 0 aliphatic carbocycles. The first kappa shape index (κ1) is 28.8. The quantitative estimate of drug-likeness (QED) is 0.176. The Balaban J connectivity index is 1.33. The molecule has 1 unspecified atom stereocenters. The average molecular weight is 504 g/mol. The second kappa shape index (κ2) is 14.8. The molecule has 0 saturated carbocycles. The van der Waals surface area contributed by atoms with Gasteiger partial charge in [0.05, 0.1) is 12.2 Å². The fourth-order valence-corrected chi connectivity index (χ4v) is 5.22. The summed E-state index contributed by atoms with van der Waals surface area (Å²) >= 11 is 0. The second-order valence-electron chi connectivity index (χ2n) is 10.9. The van der Waals surface area contributed by atoms with Crippen LogP contribution in [0, 0.1) is 5.92 Å². The van der Waals surface area contributed by atoms with Crippen molar-refractivity contribution in [3.63, 3.8) is 0 Å². The number of rotatable bonds is 18. The number of hydrogen-bond donors (Lipinski definition) is 2. The predicted molar refractivity (Wildman–Crippen MR) is 158 cm³/mol. The maximum atomic E-state index is 4.45. The predicted octanol–water partition coefficient (Wildman–Crippen LogP) is 6.68. The van der Waals surface area contributed by atoms with Crippen LogP contribution in [-0.2, 0) is 26.1 Å². The summed E-state index contributed by atoms with van der Waals surface area (Å²) in [4.78, 5) is 2.41. The van der Waals surface area contributed by atoms with E-state index in [-0.39, 0.29) is 6.04 Å². The van der Waals surface area contributed by atoms with E-state index in [1.807, 2.05) is 19.3 Å². The maximum absolute atomic E-state index is 4.45. The highest BCUT2D eigenvalue weighted by atomic mass is 15.3. The van der Waals surface area contributed by atoms with Gasteiger partial charge in [-0.3, -0.25) is 4.68 Å². The fourth-order valence-electron chi connectivity index (χ4n) is 5.22. The van der Waals surface area contributed by atoms with Crippen molar-refractivity contribution in [3.8, 4) is 0 Å². The van der Waals surface area contributed by atoms with Gasteiger partial charge in [0, 0.05) is 55.4 Å². The van der Waals surface area contributed by atoms with Crippen LogP contribution in [-0.4, -0.2) is 34.3 Å². The van der Waals surface area contributed by atoms with Crippen LogP contribution in [0.25, 0.3) is 5.70 Å². The van der Waals surface area contributed by atoms with Crippen LogP contribution in [0.4, 0.5) is 0 Å². The lowest BCUT2D eigenvalue weighted by Crippen LogP contribution is -2.35. The van der Waals surface area contributed by atoms with Gasteiger partial charge >= 0.3 is 0 Å². The molecular formula is C32H49N5. The molecular weight excluding hydrogens is 454 g/mol. The molecule has 1 aromatic carbocycles. The van der Waals surface area contributed by atoms with Gasteiger partial charge in [0.2, 0.25) is 0 Å². The maximum Gasteiger partial charge on any atom is 0.0688 e. The van der Waals surface area contributed by atoms with E-state index in [4.69, 9.17) is 0 Å². The molecule has 0 amide bonds. The first-order valence-electron chi connectivity index (χ1n) is 14.2. The number of nitrogens with zero attached hydrogens (tertiary/aromatic N) is 3. The van der Waals surface area contributed by atoms with Crippen molar-refractivity contribution in [3.05, 3.63) is 84.4 Å². The minimum Gasteiger partial charge on any atom is -0.390 e. The summed E-state index contributed by atoms with van der Waals surface area (Å²) in [5.74, 6) is 0.628. The van der Waals surface area contributed by atoms with Gasteiger partial charge < -0.3 is 15.5 Å². The Bertz CT molecular complexity index is 1020. The standard InChI is InChI=1S/C32H49N5/c1-7-8-15-32(26(4)33-6)37-24-30-19-28(16-17-31(30)27(37)5)14-12-10-9-11-13-18-34-20-29-21-35-36(23-29)22-25(2)3/h7,16-17,19,21,23,25,32-34H,1,4-5,8-15,18,20,22,24H2,2-3,6H3. The zero-order valence-corrected chi connectivity index (χ0v) is 23.6. The summed E-state index contributed by atoms with van der Waals surface area (Å²) < 4.78 is 2.05. The number of unbranched alkanes of at least 4 members (excludes halogenated alkanes) is 4. The van der Waals surface area contributed by atoms with Gasteiger partial charge in [0.25, 0.3) is 0 Å². The molecule has 0 spiro atoms. The van der Waals surface area contributed by atoms with Gasteiger partial charge in [-0.15, -0.1) is 6.58 Å². The molecule has 3 rings (SSSR count). The van der Waals surface area contributed by atoms with E-state index in [0.29, 0.717) is 5.92 Å². The van der Waals surface area contributed by atoms with Gasteiger partial charge in [-0.25, -0.2) is 0 Å². The zero-order valence-electron chi connectivity index (χ0n) is 23.6. The molecule has 2 aromatic rings. The molecule has 0 radical (unpaired) electrons. The molecule has 0 bridgehead atoms. The van der Waals surface area contributed by atoms with Gasteiger partial charge in [-0.05, 0) is 55.7 Å². The molecule has 202 valence electrons. The molecule has 1 atom stereocenters. The lowest BCUT2D eigenvalue weighted by molar-refractivity contribution is 0.312. The summed E-state index contributed by atoms with van der Waals surface area (Å²) in [5.41, 5.74) is 7.57. The van der Waals surface area contributed by atoms with Crippen LogP contribution in [0.5, 0.6) is 0 Å². The topological polar surface area (TPSA) is 45.1 Å². The molecule has 1 aliphatic rings. The third-order valence-corrected chi connectivity index (χ3v) is 7.30. The Hall–Kier alpha value is -2.79. The number of hydrogen-bond acceptors (Lipinski definition) is 4. The molecule has 5 nitrogen and oxygen atoms in total. The van der Waals surface area contributed by atoms with Crippen molar-refractivity contribution >= 4 is 5.70 Å². The molecule has 37 heavy (non-hydrogen) atoms. The first-order valence-corrected chi connectivity index (χ1v) is 14.2. The van der Waals surface area contributed by atoms with Gasteiger partial charge in [-0.2, -0.15) is 5.10 Å². The highest BCUT2D eigenvalue weighted by molar-refractivity contribution is 5.70. The first-order chi connectivity index (χ1) is 17.9. The van der Waals surface area contributed by atoms with E-state index >= 15 is 0 Å². The minimum atomic E-state index is 0.239. The molecule has 2 heterocycles. The van der Waals surface area contributed by atoms with Gasteiger partial charge in [0.1, 0.15) is 0 Å². The molecule has 1 aromatic heterocycles. The van der Waals surface area contributed by atoms with Crippen molar-refractivity contribution in [2.75, 3.05) is 13.6 Å². The number of likely N-dealkylation sites (N-methyl/N-ethyl adjacent to an activating group) is 1. The van der Waals surface area contributed by atoms with E-state index in [0.717, 1.165) is 56.8 Å². The fraction of sp³-hybridized carbons (Fsp3) is 0.531. The third-order valence-electron chi connectivity index (χ3n) is 7.30. The summed E-state index contributed by atoms with van der Waals surface area (Å²) in [6, 6.07) is 7.22. The Morgan fingerprint density at radius 3 is 2.68 bits per heavy atom. The second-order valence-corrected chi connectivity index (χ2v) is 10.9. The lowest BCUT2D eigenvalue weighted by Gasteiger charge is -2.32. The van der Waals surface area contributed by atoms with Crippen LogP contribution in [0.15, 0.2) is 62.1 Å². The van der Waals surface area contributed by atoms with Gasteiger partial charge in [0.15, 0.2) is 0 Å². The van der Waals surface area contributed by atoms with E-state index in [9.17, 15) is 0 Å². The van der Waals surface area contributed by atoms with E-state index in [1.165, 1.54) is 54.4 Å². The van der Waals surface area contributed by atoms with Crippen molar-refractivity contribution < 1.29 is 0 Å². The van der Waals surface area contributed by atoms with Crippen LogP contribution in [0.3, 0.4) is 0 Å². The molecule has 0 fully saturated rings. The Morgan fingerprint density at radius 2 is 1.92 bits per heavy atom. The highest BCUT2D eigenvalue weighted by Crippen LogP contribution is 2.36. The molecule has 2 N–H and O–H groups in total. The number of nitrogens with one attached hydrogen (secondary N) is 2. The SMILES string of the molecule is C=CCCC(C(=C)NC)N1Cc2cc(CCCCCCCNCc3cnn(CC(C)C)c3)ccc2C1=C. The summed E-state index contributed by atoms with van der Waals surface area (Å²) in [6.45, 7) is 20.9. The molecule has 1 aliphatic heterocycles. The third kappa shape index (κ3) is 8.63. The van der Waals surface area contributed by atoms with E-state index in [1.54, 1.807) is 0 Å². The number of benzene rings is 1. The summed E-state index contributed by atoms with van der Waals surface area (Å²) in [6.07, 6.45) is 15.7. The van der Waals surface area contributed by atoms with Crippen molar-refractivity contribution in [1.82, 2.24) is 25.3 Å². The molecule has 0 saturated heterocycles. The Kier molecular flexibility index (Phi) is 11.5. The Labute approximate surface area is 225 Å². The monoisotopic (exact) mass is 503 g/mol. The highest BCUT2D eigenvalue weighted by Gasteiger charge is 2.29. The number of aromatic nitrogens is 2. The van der Waals surface area contributed by atoms with E-state index in [2.05, 4.69) is 83.3 Å². The average Bonchev–Trinajstić information content (AvgIpc) is 3.46. The van der Waals surface area contributed by atoms with Crippen LogP contribution >= 0.6 is 0 Å². The van der Waals surface area contributed by atoms with Crippen molar-refractivity contribution in [1.29, 1.82) is 0 Å². The lowest BCUT2D eigenvalue weighted by atomic mass is 10.0. The Morgan fingerprint density at radius 1 is 1.14 bits per heavy atom. The van der Waals surface area contributed by atoms with Crippen molar-refractivity contribution in [2.45, 2.75) is 90.9 Å². The van der Waals surface area contributed by atoms with Gasteiger partial charge in [-0.1, -0.05) is 70.5 Å². The summed E-state index contributed by atoms with van der Waals surface area (Å²) in [5, 5.41) is 11.3. The normalized spacial score (nSPS) is 13.7. The minimum absolute atomic E-state index is 0.239. The van der Waals surface area contributed by atoms with Crippen LogP contribution < -0.4 is 10.6 Å². The summed E-state index contributed by atoms with van der Waals surface area (Å²) in [7, 11) is 1.95. The number of fused-ring (bicyclic) bond motifs is 1. The van der Waals surface area contributed by atoms with Crippen LogP contribution in [0.1, 0.15) is 81.0 Å². The van der Waals surface area contributed by atoms with Crippen LogP contribution in [0.2, 0.25) is 0 Å².